The fourth-order valence-corrected chi connectivity index (χ4v) is 2.67. The summed E-state index contributed by atoms with van der Waals surface area (Å²) in [7, 11) is 0. The minimum absolute atomic E-state index is 0.0232. The van der Waals surface area contributed by atoms with Gasteiger partial charge in [0, 0.05) is 17.4 Å². The summed E-state index contributed by atoms with van der Waals surface area (Å²) in [6, 6.07) is 8.38. The summed E-state index contributed by atoms with van der Waals surface area (Å²) in [5.74, 6) is -0.231. The van der Waals surface area contributed by atoms with Crippen LogP contribution in [0.2, 0.25) is 0 Å². The maximum atomic E-state index is 11.2. The summed E-state index contributed by atoms with van der Waals surface area (Å²) < 4.78 is 0. The lowest BCUT2D eigenvalue weighted by molar-refractivity contribution is -0.110. The van der Waals surface area contributed by atoms with E-state index in [1.807, 2.05) is 19.1 Å². The van der Waals surface area contributed by atoms with Crippen LogP contribution in [0.3, 0.4) is 0 Å². The Balaban J connectivity index is 2.01. The van der Waals surface area contributed by atoms with Gasteiger partial charge in [-0.1, -0.05) is 39.0 Å². The fourth-order valence-electron chi connectivity index (χ4n) is 2.67. The van der Waals surface area contributed by atoms with Crippen molar-refractivity contribution in [3.8, 4) is 0 Å². The predicted octanol–water partition coefficient (Wildman–Crippen LogP) is 2.93. The van der Waals surface area contributed by atoms with E-state index in [4.69, 9.17) is 5.73 Å². The van der Waals surface area contributed by atoms with Gasteiger partial charge in [-0.25, -0.2) is 0 Å². The Kier molecular flexibility index (Phi) is 5.26. The number of rotatable bonds is 5. The molecule has 3 unspecified atom stereocenters. The van der Waals surface area contributed by atoms with Crippen molar-refractivity contribution in [2.45, 2.75) is 45.3 Å². The molecule has 0 bridgehead atoms. The molecule has 0 aliphatic heterocycles. The maximum Gasteiger partial charge on any atom is 0.128 e. The topological polar surface area (TPSA) is 67.2 Å². The van der Waals surface area contributed by atoms with E-state index >= 15 is 0 Å². The first-order chi connectivity index (χ1) is 10.8. The molecule has 3 atom stereocenters. The molecule has 0 radical (unpaired) electrons. The number of carbonyl (C=O) groups is 1. The molecule has 0 amide bonds. The summed E-state index contributed by atoms with van der Waals surface area (Å²) in [5.41, 5.74) is 8.85. The lowest BCUT2D eigenvalue weighted by Gasteiger charge is -2.27. The van der Waals surface area contributed by atoms with Crippen LogP contribution < -0.4 is 16.4 Å². The molecule has 4 heteroatoms. The van der Waals surface area contributed by atoms with E-state index in [0.717, 1.165) is 12.0 Å². The van der Waals surface area contributed by atoms with Crippen LogP contribution >= 0.6 is 0 Å². The first kappa shape index (κ1) is 17.3. The molecule has 1 aromatic rings. The molecule has 1 aliphatic carbocycles. The maximum absolute atomic E-state index is 11.2. The van der Waals surface area contributed by atoms with Crippen molar-refractivity contribution < 1.29 is 4.79 Å². The van der Waals surface area contributed by atoms with Crippen molar-refractivity contribution in [2.75, 3.05) is 5.32 Å². The Morgan fingerprint density at radius 3 is 2.70 bits per heavy atom. The van der Waals surface area contributed by atoms with Crippen LogP contribution in [0.25, 0.3) is 0 Å². The minimum atomic E-state index is -0.231. The van der Waals surface area contributed by atoms with Gasteiger partial charge in [0.2, 0.25) is 0 Å². The van der Waals surface area contributed by atoms with E-state index in [2.05, 4.69) is 55.7 Å². The van der Waals surface area contributed by atoms with Crippen LogP contribution in [0.1, 0.15) is 33.3 Å². The van der Waals surface area contributed by atoms with E-state index in [-0.39, 0.29) is 23.5 Å². The number of aldehydes is 1. The van der Waals surface area contributed by atoms with E-state index < -0.39 is 0 Å². The van der Waals surface area contributed by atoms with Gasteiger partial charge in [0.25, 0.3) is 0 Å². The van der Waals surface area contributed by atoms with Gasteiger partial charge in [0.15, 0.2) is 0 Å². The van der Waals surface area contributed by atoms with Crippen LogP contribution in [-0.4, -0.2) is 18.5 Å². The fraction of sp³-hybridized carbons (Fsp3) is 0.421. The Hall–Kier alpha value is -2.07. The lowest BCUT2D eigenvalue weighted by Crippen LogP contribution is -2.45. The zero-order valence-corrected chi connectivity index (χ0v) is 14.3. The molecule has 0 fully saturated rings. The second-order valence-corrected chi connectivity index (χ2v) is 7.13. The van der Waals surface area contributed by atoms with E-state index in [1.54, 1.807) is 6.08 Å². The number of hydrogen-bond acceptors (Lipinski definition) is 4. The van der Waals surface area contributed by atoms with Gasteiger partial charge >= 0.3 is 0 Å². The van der Waals surface area contributed by atoms with Crippen molar-refractivity contribution in [3.63, 3.8) is 0 Å². The second-order valence-electron chi connectivity index (χ2n) is 7.13. The quantitative estimate of drug-likeness (QED) is 0.577. The molecule has 4 nitrogen and oxygen atoms in total. The highest BCUT2D eigenvalue weighted by molar-refractivity contribution is 5.60. The highest BCUT2D eigenvalue weighted by Crippen LogP contribution is 2.25. The van der Waals surface area contributed by atoms with Crippen LogP contribution in [0.4, 0.5) is 5.69 Å². The standard InChI is InChI=1S/C19H27N3O/c1-13(22-18-9-8-16(20)10-14(18)12-23)21-17-7-5-6-15(11-17)19(2,3)4/h5-14,18,21-22H,20H2,1-4H3. The third kappa shape index (κ3) is 4.70. The smallest absolute Gasteiger partial charge is 0.128 e. The molecule has 0 saturated carbocycles. The number of carbonyl (C=O) groups excluding carboxylic acids is 1. The molecular formula is C19H27N3O. The van der Waals surface area contributed by atoms with E-state index in [9.17, 15) is 4.79 Å². The summed E-state index contributed by atoms with van der Waals surface area (Å²) in [6.07, 6.45) is 6.52. The SMILES string of the molecule is CC(Nc1cccc(C(C)(C)C)c1)NC1C=CC(N)=CC1C=O. The van der Waals surface area contributed by atoms with Crippen molar-refractivity contribution in [1.82, 2.24) is 5.32 Å². The number of allylic oxidation sites excluding steroid dienone is 1. The first-order valence-electron chi connectivity index (χ1n) is 8.03. The largest absolute Gasteiger partial charge is 0.399 e. The molecule has 2 rings (SSSR count). The van der Waals surface area contributed by atoms with Crippen molar-refractivity contribution in [1.29, 1.82) is 0 Å². The highest BCUT2D eigenvalue weighted by atomic mass is 16.1. The average Bonchev–Trinajstić information content (AvgIpc) is 2.48. The molecule has 0 heterocycles. The first-order valence-corrected chi connectivity index (χ1v) is 8.03. The number of benzene rings is 1. The third-order valence-corrected chi connectivity index (χ3v) is 4.01. The summed E-state index contributed by atoms with van der Waals surface area (Å²) in [4.78, 5) is 11.2. The predicted molar refractivity (Wildman–Crippen MR) is 96.1 cm³/mol. The third-order valence-electron chi connectivity index (χ3n) is 4.01. The van der Waals surface area contributed by atoms with Crippen molar-refractivity contribution >= 4 is 12.0 Å². The monoisotopic (exact) mass is 313 g/mol. The van der Waals surface area contributed by atoms with Crippen molar-refractivity contribution in [3.05, 3.63) is 53.8 Å². The number of nitrogens with one attached hydrogen (secondary N) is 2. The molecule has 0 aromatic heterocycles. The van der Waals surface area contributed by atoms with Crippen molar-refractivity contribution in [2.24, 2.45) is 11.7 Å². The molecule has 1 aromatic carbocycles. The molecule has 0 spiro atoms. The van der Waals surface area contributed by atoms with Gasteiger partial charge in [0.05, 0.1) is 12.1 Å². The molecule has 0 saturated heterocycles. The zero-order valence-electron chi connectivity index (χ0n) is 14.3. The van der Waals surface area contributed by atoms with Gasteiger partial charge in [0.1, 0.15) is 6.29 Å². The van der Waals surface area contributed by atoms with Crippen LogP contribution in [0, 0.1) is 5.92 Å². The molecule has 124 valence electrons. The highest BCUT2D eigenvalue weighted by Gasteiger charge is 2.21. The number of hydrogen-bond donors (Lipinski definition) is 3. The average molecular weight is 313 g/mol. The minimum Gasteiger partial charge on any atom is -0.399 e. The van der Waals surface area contributed by atoms with E-state index in [1.165, 1.54) is 5.56 Å². The van der Waals surface area contributed by atoms with Gasteiger partial charge in [-0.15, -0.1) is 0 Å². The number of anilines is 1. The number of nitrogens with two attached hydrogens (primary N) is 1. The van der Waals surface area contributed by atoms with Crippen LogP contribution in [0.15, 0.2) is 48.2 Å². The Morgan fingerprint density at radius 2 is 2.04 bits per heavy atom. The summed E-state index contributed by atoms with van der Waals surface area (Å²) in [6.45, 7) is 8.64. The summed E-state index contributed by atoms with van der Waals surface area (Å²) in [5, 5.41) is 6.86. The van der Waals surface area contributed by atoms with Crippen LogP contribution in [0.5, 0.6) is 0 Å². The Labute approximate surface area is 138 Å². The van der Waals surface area contributed by atoms with Gasteiger partial charge < -0.3 is 15.8 Å². The van der Waals surface area contributed by atoms with Gasteiger partial charge in [-0.2, -0.15) is 0 Å². The van der Waals surface area contributed by atoms with Crippen LogP contribution in [-0.2, 0) is 10.2 Å². The second kappa shape index (κ2) is 7.01. The Morgan fingerprint density at radius 1 is 1.30 bits per heavy atom. The summed E-state index contributed by atoms with van der Waals surface area (Å²) >= 11 is 0. The van der Waals surface area contributed by atoms with Gasteiger partial charge in [-0.3, -0.25) is 5.32 Å². The lowest BCUT2D eigenvalue weighted by atomic mass is 9.87. The van der Waals surface area contributed by atoms with Gasteiger partial charge in [-0.05, 0) is 42.2 Å². The molecule has 1 aliphatic rings. The molecular weight excluding hydrogens is 286 g/mol. The zero-order chi connectivity index (χ0) is 17.0. The normalized spacial score (nSPS) is 22.3. The molecule has 4 N–H and O–H groups in total. The molecule has 23 heavy (non-hydrogen) atoms. The van der Waals surface area contributed by atoms with E-state index in [0.29, 0.717) is 5.70 Å². The Bertz CT molecular complexity index is 613.